The number of benzene rings is 1. The summed E-state index contributed by atoms with van der Waals surface area (Å²) in [7, 11) is 1.48. The molecular weight excluding hydrogens is 679 g/mol. The lowest BCUT2D eigenvalue weighted by Crippen LogP contribution is -2.43. The van der Waals surface area contributed by atoms with Gasteiger partial charge in [0, 0.05) is 48.1 Å². The van der Waals surface area contributed by atoms with E-state index in [0.29, 0.717) is 57.8 Å². The maximum atomic E-state index is 13.2. The van der Waals surface area contributed by atoms with E-state index >= 15 is 0 Å². The number of rotatable bonds is 10. The second-order valence-electron chi connectivity index (χ2n) is 11.9. The summed E-state index contributed by atoms with van der Waals surface area (Å²) in [5.41, 5.74) is 2.05. The fourth-order valence-corrected chi connectivity index (χ4v) is 6.19. The van der Waals surface area contributed by atoms with Gasteiger partial charge in [-0.1, -0.05) is 35.3 Å². The second kappa shape index (κ2) is 14.7. The first-order chi connectivity index (χ1) is 22.9. The topological polar surface area (TPSA) is 153 Å². The third-order valence-electron chi connectivity index (χ3n) is 7.17. The number of anilines is 1. The highest BCUT2D eigenvalue weighted by atomic mass is 35.5. The smallest absolute Gasteiger partial charge is 0.410 e. The van der Waals surface area contributed by atoms with Crippen molar-refractivity contribution in [3.8, 4) is 28.4 Å². The van der Waals surface area contributed by atoms with E-state index in [1.165, 1.54) is 18.2 Å². The van der Waals surface area contributed by atoms with Crippen LogP contribution in [0.4, 0.5) is 10.5 Å². The fourth-order valence-electron chi connectivity index (χ4n) is 4.99. The number of carbonyl (C=O) groups is 4. The monoisotopic (exact) mass is 710 g/mol. The predicted molar refractivity (Wildman–Crippen MR) is 183 cm³/mol. The molecule has 0 unspecified atom stereocenters. The summed E-state index contributed by atoms with van der Waals surface area (Å²) in [5, 5.41) is 6.19. The van der Waals surface area contributed by atoms with Gasteiger partial charge in [-0.2, -0.15) is 0 Å². The number of pyridine rings is 2. The van der Waals surface area contributed by atoms with Crippen molar-refractivity contribution in [2.24, 2.45) is 0 Å². The summed E-state index contributed by atoms with van der Waals surface area (Å²) in [6, 6.07) is 10.1. The maximum Gasteiger partial charge on any atom is 0.410 e. The standard InChI is InChI=1S/C33H32Cl2N6O6S/c1-33(2,3)47-32(45)41(16-19-9-11-25(43)38-19)15-18-8-10-23(40-30(18)46-4)21-12-13-36-28(27(21)35)22-6-5-7-24(26(22)34)39-29(44)31-37-14-20(17-42)48-31/h5-8,10,12-14,17,19H,9,11,15-16H2,1-4H3,(H,38,43)(H,39,44)/t19-/m0/s1. The molecule has 3 aromatic heterocycles. The van der Waals surface area contributed by atoms with E-state index in [9.17, 15) is 19.2 Å². The first-order valence-electron chi connectivity index (χ1n) is 14.8. The van der Waals surface area contributed by atoms with Gasteiger partial charge in [0.05, 0.1) is 45.7 Å². The lowest BCUT2D eigenvalue weighted by Gasteiger charge is -2.29. The number of hydrogen-bond donors (Lipinski definition) is 2. The van der Waals surface area contributed by atoms with Crippen LogP contribution in [0.5, 0.6) is 5.88 Å². The summed E-state index contributed by atoms with van der Waals surface area (Å²) in [6.07, 6.45) is 4.01. The van der Waals surface area contributed by atoms with E-state index in [1.54, 1.807) is 63.4 Å². The van der Waals surface area contributed by atoms with Gasteiger partial charge in [-0.25, -0.2) is 14.8 Å². The third-order valence-corrected chi connectivity index (χ3v) is 8.88. The molecule has 12 nitrogen and oxygen atoms in total. The van der Waals surface area contributed by atoms with Gasteiger partial charge in [0.25, 0.3) is 5.91 Å². The maximum absolute atomic E-state index is 13.2. The first kappa shape index (κ1) is 34.7. The zero-order valence-electron chi connectivity index (χ0n) is 26.5. The van der Waals surface area contributed by atoms with E-state index in [2.05, 4.69) is 20.6 Å². The number of halogens is 2. The minimum Gasteiger partial charge on any atom is -0.481 e. The third kappa shape index (κ3) is 8.09. The van der Waals surface area contributed by atoms with Gasteiger partial charge in [0.1, 0.15) is 5.60 Å². The highest BCUT2D eigenvalue weighted by molar-refractivity contribution is 7.15. The molecule has 0 spiro atoms. The minimum absolute atomic E-state index is 0.0519. The van der Waals surface area contributed by atoms with Crippen molar-refractivity contribution in [1.29, 1.82) is 0 Å². The van der Waals surface area contributed by atoms with Crippen LogP contribution in [-0.2, 0) is 16.1 Å². The Bertz CT molecular complexity index is 1880. The Morgan fingerprint density at radius 2 is 1.92 bits per heavy atom. The van der Waals surface area contributed by atoms with Crippen molar-refractivity contribution >= 4 is 64.4 Å². The zero-order chi connectivity index (χ0) is 34.6. The molecule has 1 aromatic carbocycles. The molecule has 1 aliphatic rings. The molecule has 0 radical (unpaired) electrons. The average Bonchev–Trinajstić information content (AvgIpc) is 3.70. The van der Waals surface area contributed by atoms with Crippen LogP contribution in [0.3, 0.4) is 0 Å². The van der Waals surface area contributed by atoms with E-state index in [-0.39, 0.29) is 46.0 Å². The Hall–Kier alpha value is -4.59. The number of nitrogens with one attached hydrogen (secondary N) is 2. The lowest BCUT2D eigenvalue weighted by molar-refractivity contribution is -0.119. The van der Waals surface area contributed by atoms with Gasteiger partial charge in [0.2, 0.25) is 11.8 Å². The van der Waals surface area contributed by atoms with Gasteiger partial charge < -0.3 is 25.0 Å². The molecule has 2 N–H and O–H groups in total. The molecule has 1 aliphatic heterocycles. The highest BCUT2D eigenvalue weighted by Gasteiger charge is 2.29. The molecular formula is C33H32Cl2N6O6S. The number of hydrogen-bond acceptors (Lipinski definition) is 10. The molecule has 1 atom stereocenters. The lowest BCUT2D eigenvalue weighted by atomic mass is 10.1. The molecule has 1 fully saturated rings. The molecule has 3 amide bonds. The van der Waals surface area contributed by atoms with Crippen LogP contribution >= 0.6 is 34.5 Å². The number of methoxy groups -OCH3 is 1. The largest absolute Gasteiger partial charge is 0.481 e. The Balaban J connectivity index is 1.42. The number of thiazole rings is 1. The number of aldehydes is 1. The molecule has 0 aliphatic carbocycles. The minimum atomic E-state index is -0.716. The fraction of sp³-hybridized carbons (Fsp3) is 0.303. The van der Waals surface area contributed by atoms with Crippen molar-refractivity contribution < 1.29 is 28.7 Å². The van der Waals surface area contributed by atoms with Gasteiger partial charge in [-0.15, -0.1) is 11.3 Å². The zero-order valence-corrected chi connectivity index (χ0v) is 28.8. The second-order valence-corrected chi connectivity index (χ2v) is 13.7. The van der Waals surface area contributed by atoms with E-state index in [4.69, 9.17) is 37.7 Å². The molecule has 15 heteroatoms. The van der Waals surface area contributed by atoms with E-state index < -0.39 is 17.6 Å². The molecule has 4 heterocycles. The van der Waals surface area contributed by atoms with Crippen LogP contribution in [-0.4, -0.2) is 69.3 Å². The number of aromatic nitrogens is 3. The molecule has 0 saturated carbocycles. The van der Waals surface area contributed by atoms with Crippen molar-refractivity contribution in [2.45, 2.75) is 51.8 Å². The summed E-state index contributed by atoms with van der Waals surface area (Å²) in [5.74, 6) is -0.299. The number of nitrogens with zero attached hydrogens (tertiary/aromatic N) is 4. The molecule has 0 bridgehead atoms. The van der Waals surface area contributed by atoms with Gasteiger partial charge in [-0.05, 0) is 51.5 Å². The van der Waals surface area contributed by atoms with Gasteiger partial charge >= 0.3 is 6.09 Å². The Labute approximate surface area is 290 Å². The Kier molecular flexibility index (Phi) is 10.6. The molecule has 48 heavy (non-hydrogen) atoms. The van der Waals surface area contributed by atoms with Crippen molar-refractivity contribution in [2.75, 3.05) is 19.0 Å². The Morgan fingerprint density at radius 1 is 1.12 bits per heavy atom. The number of ether oxygens (including phenoxy) is 2. The van der Waals surface area contributed by atoms with Crippen LogP contribution in [0.2, 0.25) is 10.0 Å². The normalized spacial score (nSPS) is 14.3. The molecule has 5 rings (SSSR count). The summed E-state index contributed by atoms with van der Waals surface area (Å²) in [6.45, 7) is 5.75. The Morgan fingerprint density at radius 3 is 2.58 bits per heavy atom. The number of amides is 3. The molecule has 250 valence electrons. The molecule has 1 saturated heterocycles. The predicted octanol–water partition coefficient (Wildman–Crippen LogP) is 6.66. The van der Waals surface area contributed by atoms with Crippen LogP contribution in [0.15, 0.2) is 48.8 Å². The summed E-state index contributed by atoms with van der Waals surface area (Å²) >= 11 is 14.6. The first-order valence-corrected chi connectivity index (χ1v) is 16.4. The van der Waals surface area contributed by atoms with Crippen molar-refractivity contribution in [3.05, 3.63) is 74.3 Å². The van der Waals surface area contributed by atoms with Crippen LogP contribution in [0.1, 0.15) is 58.7 Å². The SMILES string of the molecule is COc1nc(-c2ccnc(-c3cccc(NC(=O)c4ncc(C=O)s4)c3Cl)c2Cl)ccc1CN(C[C@@H]1CCC(=O)N1)C(=O)OC(C)(C)C. The van der Waals surface area contributed by atoms with Crippen molar-refractivity contribution in [3.63, 3.8) is 0 Å². The van der Waals surface area contributed by atoms with E-state index in [1.807, 2.05) is 0 Å². The van der Waals surface area contributed by atoms with E-state index in [0.717, 1.165) is 11.3 Å². The van der Waals surface area contributed by atoms with Crippen LogP contribution < -0.4 is 15.4 Å². The quantitative estimate of drug-likeness (QED) is 0.172. The summed E-state index contributed by atoms with van der Waals surface area (Å²) < 4.78 is 11.3. The highest BCUT2D eigenvalue weighted by Crippen LogP contribution is 2.40. The van der Waals surface area contributed by atoms with Crippen LogP contribution in [0.25, 0.3) is 22.5 Å². The molecule has 4 aromatic rings. The van der Waals surface area contributed by atoms with Crippen molar-refractivity contribution in [1.82, 2.24) is 25.2 Å². The average molecular weight is 712 g/mol. The van der Waals surface area contributed by atoms with Gasteiger partial charge in [0.15, 0.2) is 11.3 Å². The summed E-state index contributed by atoms with van der Waals surface area (Å²) in [4.78, 5) is 63.8. The van der Waals surface area contributed by atoms with Crippen LogP contribution in [0, 0.1) is 0 Å². The number of carbonyl (C=O) groups excluding carboxylic acids is 4. The van der Waals surface area contributed by atoms with Gasteiger partial charge in [-0.3, -0.25) is 19.4 Å².